The van der Waals surface area contributed by atoms with Gasteiger partial charge in [-0.2, -0.15) is 16.8 Å². The third-order valence-corrected chi connectivity index (χ3v) is 12.0. The highest BCUT2D eigenvalue weighted by Gasteiger charge is 2.63. The van der Waals surface area contributed by atoms with Crippen LogP contribution in [0.15, 0.2) is 23.3 Å². The predicted octanol–water partition coefficient (Wildman–Crippen LogP) is 6.32. The summed E-state index contributed by atoms with van der Waals surface area (Å²) in [6.45, 7) is 14.0. The Kier molecular flexibility index (Phi) is 8.14. The van der Waals surface area contributed by atoms with Crippen LogP contribution in [0, 0.1) is 39.9 Å². The zero-order valence-electron chi connectivity index (χ0n) is 23.6. The zero-order chi connectivity index (χ0) is 28.3. The van der Waals surface area contributed by atoms with Gasteiger partial charge in [-0.25, -0.2) is 8.37 Å². The highest BCUT2D eigenvalue weighted by Crippen LogP contribution is 2.71. The van der Waals surface area contributed by atoms with Crippen LogP contribution < -0.4 is 0 Å². The fraction of sp³-hybridized carbons (Fsp3) is 0.857. The lowest BCUT2D eigenvalue weighted by Crippen LogP contribution is -2.53. The third kappa shape index (κ3) is 5.55. The first-order chi connectivity index (χ1) is 17.4. The number of hydrogen-bond acceptors (Lipinski definition) is 6. The maximum absolute atomic E-state index is 11.6. The Bertz CT molecular complexity index is 1190. The minimum absolute atomic E-state index is 0.0836. The first kappa shape index (κ1) is 30.2. The average molecular weight is 575 g/mol. The Labute approximate surface area is 229 Å². The first-order valence-electron chi connectivity index (χ1n) is 14.1. The molecule has 0 radical (unpaired) electrons. The molecule has 4 rings (SSSR count). The molecule has 0 bridgehead atoms. The quantitative estimate of drug-likeness (QED) is 0.242. The molecule has 8 nitrogen and oxygen atoms in total. The van der Waals surface area contributed by atoms with Crippen molar-refractivity contribution in [1.29, 1.82) is 0 Å². The standard InChI is InChI=1S/C28H46O8S2/c1-18(2)8-7-9-19(3)21-12-14-28(6)23-11-10-20-16-24(35-37(29,30)31)25(36-38(32,33)34)17-26(20,4)22(23)13-15-27(21,28)5/h10,13,18-19,21,23-25H,7-9,11-12,14-17H2,1-6H3,(H,29,30,31)(H,32,33,34)/t19?,21?,23?,24?,25?,26-,27+,28?/m0/s1. The van der Waals surface area contributed by atoms with Crippen molar-refractivity contribution >= 4 is 20.8 Å². The molecule has 0 aliphatic heterocycles. The van der Waals surface area contributed by atoms with Gasteiger partial charge in [0.25, 0.3) is 0 Å². The fourth-order valence-corrected chi connectivity index (χ4v) is 9.83. The van der Waals surface area contributed by atoms with Crippen molar-refractivity contribution in [3.8, 4) is 0 Å². The molecule has 0 spiro atoms. The van der Waals surface area contributed by atoms with Gasteiger partial charge in [0.2, 0.25) is 0 Å². The van der Waals surface area contributed by atoms with Gasteiger partial charge in [-0.15, -0.1) is 0 Å². The Morgan fingerprint density at radius 3 is 2.18 bits per heavy atom. The minimum Gasteiger partial charge on any atom is -0.264 e. The summed E-state index contributed by atoms with van der Waals surface area (Å²) in [6, 6.07) is 0. The molecule has 2 fully saturated rings. The van der Waals surface area contributed by atoms with Crippen molar-refractivity contribution in [3.05, 3.63) is 23.3 Å². The molecule has 218 valence electrons. The Morgan fingerprint density at radius 2 is 1.58 bits per heavy atom. The zero-order valence-corrected chi connectivity index (χ0v) is 25.3. The van der Waals surface area contributed by atoms with Gasteiger partial charge in [-0.3, -0.25) is 9.11 Å². The van der Waals surface area contributed by atoms with Gasteiger partial charge in [0.15, 0.2) is 0 Å². The molecule has 0 aromatic rings. The van der Waals surface area contributed by atoms with Crippen LogP contribution in [0.3, 0.4) is 0 Å². The molecule has 2 saturated carbocycles. The van der Waals surface area contributed by atoms with E-state index in [0.29, 0.717) is 11.8 Å². The molecule has 10 heteroatoms. The van der Waals surface area contributed by atoms with E-state index in [2.05, 4.69) is 53.7 Å². The van der Waals surface area contributed by atoms with Crippen LogP contribution in [0.25, 0.3) is 0 Å². The SMILES string of the molecule is CC(C)CCCC(C)C1CCC2(C)C3CC=C4CC(OS(=O)(=O)O)C(OS(=O)(=O)O)C[C@]4(C)C3=CC[C@]12C. The van der Waals surface area contributed by atoms with Crippen molar-refractivity contribution in [2.24, 2.45) is 39.9 Å². The largest absolute Gasteiger partial charge is 0.397 e. The van der Waals surface area contributed by atoms with Gasteiger partial charge < -0.3 is 0 Å². The maximum Gasteiger partial charge on any atom is 0.397 e. The van der Waals surface area contributed by atoms with E-state index >= 15 is 0 Å². The Morgan fingerprint density at radius 1 is 0.947 bits per heavy atom. The van der Waals surface area contributed by atoms with Crippen LogP contribution in [-0.2, 0) is 29.2 Å². The van der Waals surface area contributed by atoms with Gasteiger partial charge in [0, 0.05) is 5.41 Å². The van der Waals surface area contributed by atoms with Gasteiger partial charge in [-0.05, 0) is 73.0 Å². The second-order valence-corrected chi connectivity index (χ2v) is 15.6. The first-order valence-corrected chi connectivity index (χ1v) is 16.8. The van der Waals surface area contributed by atoms with E-state index in [1.165, 1.54) is 31.3 Å². The van der Waals surface area contributed by atoms with Crippen LogP contribution in [-0.4, -0.2) is 38.1 Å². The Balaban J connectivity index is 1.64. The van der Waals surface area contributed by atoms with Crippen molar-refractivity contribution in [3.63, 3.8) is 0 Å². The molecule has 0 aromatic heterocycles. The highest BCUT2D eigenvalue weighted by molar-refractivity contribution is 7.81. The van der Waals surface area contributed by atoms with Crippen LogP contribution in [0.1, 0.15) is 99.3 Å². The monoisotopic (exact) mass is 574 g/mol. The summed E-state index contributed by atoms with van der Waals surface area (Å²) in [7, 11) is -9.71. The van der Waals surface area contributed by atoms with Crippen molar-refractivity contribution in [2.75, 3.05) is 0 Å². The molecule has 2 N–H and O–H groups in total. The van der Waals surface area contributed by atoms with Crippen LogP contribution in [0.5, 0.6) is 0 Å². The van der Waals surface area contributed by atoms with Crippen LogP contribution >= 0.6 is 0 Å². The van der Waals surface area contributed by atoms with E-state index in [1.807, 2.05) is 0 Å². The number of fused-ring (bicyclic) bond motifs is 5. The van der Waals surface area contributed by atoms with E-state index in [9.17, 15) is 25.9 Å². The van der Waals surface area contributed by atoms with Gasteiger partial charge in [-0.1, -0.05) is 84.1 Å². The topological polar surface area (TPSA) is 127 Å². The van der Waals surface area contributed by atoms with Gasteiger partial charge in [0.05, 0.1) is 0 Å². The van der Waals surface area contributed by atoms with Gasteiger partial charge in [0.1, 0.15) is 12.2 Å². The minimum atomic E-state index is -4.87. The highest BCUT2D eigenvalue weighted by atomic mass is 32.3. The summed E-state index contributed by atoms with van der Waals surface area (Å²) in [5, 5.41) is 0. The normalized spacial score (nSPS) is 40.1. The van der Waals surface area contributed by atoms with E-state index in [1.54, 1.807) is 0 Å². The second kappa shape index (κ2) is 10.2. The molecule has 4 aliphatic rings. The second-order valence-electron chi connectivity index (χ2n) is 13.5. The number of allylic oxidation sites excluding steroid dienone is 3. The number of rotatable bonds is 9. The summed E-state index contributed by atoms with van der Waals surface area (Å²) in [5.74, 6) is 2.31. The summed E-state index contributed by atoms with van der Waals surface area (Å²) in [4.78, 5) is 0. The average Bonchev–Trinajstić information content (AvgIpc) is 3.03. The smallest absolute Gasteiger partial charge is 0.264 e. The number of hydrogen-bond donors (Lipinski definition) is 2. The molecule has 8 atom stereocenters. The van der Waals surface area contributed by atoms with E-state index in [4.69, 9.17) is 8.37 Å². The van der Waals surface area contributed by atoms with E-state index in [0.717, 1.165) is 30.8 Å². The van der Waals surface area contributed by atoms with E-state index in [-0.39, 0.29) is 29.6 Å². The fourth-order valence-electron chi connectivity index (χ4n) is 8.82. The molecular formula is C28H46O8S2. The molecule has 0 heterocycles. The molecular weight excluding hydrogens is 528 g/mol. The Hall–Kier alpha value is -0.780. The predicted molar refractivity (Wildman–Crippen MR) is 146 cm³/mol. The van der Waals surface area contributed by atoms with Gasteiger partial charge >= 0.3 is 20.8 Å². The lowest BCUT2D eigenvalue weighted by molar-refractivity contribution is -0.0295. The summed E-state index contributed by atoms with van der Waals surface area (Å²) in [6.07, 6.45) is 10.2. The van der Waals surface area contributed by atoms with Crippen molar-refractivity contribution < 1.29 is 34.3 Å². The third-order valence-electron chi connectivity index (χ3n) is 11.0. The summed E-state index contributed by atoms with van der Waals surface area (Å²) < 4.78 is 74.8. The van der Waals surface area contributed by atoms with Crippen molar-refractivity contribution in [1.82, 2.24) is 0 Å². The molecule has 6 unspecified atom stereocenters. The molecule has 0 saturated heterocycles. The molecule has 0 aromatic carbocycles. The maximum atomic E-state index is 11.6. The van der Waals surface area contributed by atoms with Crippen LogP contribution in [0.4, 0.5) is 0 Å². The summed E-state index contributed by atoms with van der Waals surface area (Å²) in [5.41, 5.74) is 1.92. The van der Waals surface area contributed by atoms with E-state index < -0.39 is 38.4 Å². The molecule has 0 amide bonds. The summed E-state index contributed by atoms with van der Waals surface area (Å²) >= 11 is 0. The van der Waals surface area contributed by atoms with Crippen LogP contribution in [0.2, 0.25) is 0 Å². The van der Waals surface area contributed by atoms with Crippen molar-refractivity contribution in [2.45, 2.75) is 112 Å². The lowest BCUT2D eigenvalue weighted by atomic mass is 9.45. The lowest BCUT2D eigenvalue weighted by Gasteiger charge is -2.59. The molecule has 4 aliphatic carbocycles. The molecule has 38 heavy (non-hydrogen) atoms.